The Morgan fingerprint density at radius 2 is 2.35 bits per heavy atom. The quantitative estimate of drug-likeness (QED) is 0.841. The minimum Gasteiger partial charge on any atom is -0.396 e. The third kappa shape index (κ3) is 2.79. The van der Waals surface area contributed by atoms with Crippen LogP contribution in [0.5, 0.6) is 0 Å². The van der Waals surface area contributed by atoms with Gasteiger partial charge in [-0.1, -0.05) is 11.6 Å². The Balaban J connectivity index is 2.18. The SMILES string of the molecule is O=Cc1ccc(N2CCCC(CO)C2)c(Cl)c1. The number of rotatable bonds is 3. The van der Waals surface area contributed by atoms with Crippen LogP contribution in [0, 0.1) is 5.92 Å². The van der Waals surface area contributed by atoms with Gasteiger partial charge in [-0.2, -0.15) is 0 Å². The summed E-state index contributed by atoms with van der Waals surface area (Å²) in [6, 6.07) is 5.34. The van der Waals surface area contributed by atoms with Crippen molar-refractivity contribution in [3.8, 4) is 0 Å². The molecule has 17 heavy (non-hydrogen) atoms. The molecule has 0 bridgehead atoms. The van der Waals surface area contributed by atoms with E-state index in [1.165, 1.54) is 0 Å². The first-order valence-corrected chi connectivity index (χ1v) is 6.23. The van der Waals surface area contributed by atoms with Crippen molar-refractivity contribution in [3.63, 3.8) is 0 Å². The van der Waals surface area contributed by atoms with E-state index in [2.05, 4.69) is 4.90 Å². The number of aliphatic hydroxyl groups excluding tert-OH is 1. The van der Waals surface area contributed by atoms with Crippen molar-refractivity contribution < 1.29 is 9.90 Å². The lowest BCUT2D eigenvalue weighted by Gasteiger charge is -2.34. The summed E-state index contributed by atoms with van der Waals surface area (Å²) in [6.45, 7) is 2.01. The first kappa shape index (κ1) is 12.4. The number of anilines is 1. The number of nitrogens with zero attached hydrogens (tertiary/aromatic N) is 1. The maximum atomic E-state index is 10.6. The van der Waals surface area contributed by atoms with Crippen molar-refractivity contribution in [1.82, 2.24) is 0 Å². The Hall–Kier alpha value is -1.06. The number of hydrogen-bond acceptors (Lipinski definition) is 3. The minimum atomic E-state index is 0.223. The highest BCUT2D eigenvalue weighted by Gasteiger charge is 2.20. The second-order valence-corrected chi connectivity index (χ2v) is 4.87. The average molecular weight is 254 g/mol. The number of aliphatic hydroxyl groups is 1. The summed E-state index contributed by atoms with van der Waals surface area (Å²) in [7, 11) is 0. The number of halogens is 1. The fourth-order valence-electron chi connectivity index (χ4n) is 2.29. The molecule has 0 spiro atoms. The van der Waals surface area contributed by atoms with Gasteiger partial charge in [0.15, 0.2) is 0 Å². The molecule has 1 heterocycles. The van der Waals surface area contributed by atoms with E-state index >= 15 is 0 Å². The van der Waals surface area contributed by atoms with Gasteiger partial charge in [0.25, 0.3) is 0 Å². The highest BCUT2D eigenvalue weighted by atomic mass is 35.5. The predicted octanol–water partition coefficient (Wildman–Crippen LogP) is 2.36. The maximum Gasteiger partial charge on any atom is 0.150 e. The van der Waals surface area contributed by atoms with Crippen LogP contribution in [-0.4, -0.2) is 31.1 Å². The van der Waals surface area contributed by atoms with Gasteiger partial charge in [0.1, 0.15) is 6.29 Å². The average Bonchev–Trinajstić information content (AvgIpc) is 2.38. The number of carbonyl (C=O) groups is 1. The van der Waals surface area contributed by atoms with Gasteiger partial charge in [-0.25, -0.2) is 0 Å². The fraction of sp³-hybridized carbons (Fsp3) is 0.462. The third-order valence-electron chi connectivity index (χ3n) is 3.23. The Morgan fingerprint density at radius 3 is 3.00 bits per heavy atom. The maximum absolute atomic E-state index is 10.6. The van der Waals surface area contributed by atoms with Crippen LogP contribution in [0.2, 0.25) is 5.02 Å². The molecule has 1 aromatic carbocycles. The smallest absolute Gasteiger partial charge is 0.150 e. The topological polar surface area (TPSA) is 40.5 Å². The van der Waals surface area contributed by atoms with Crippen molar-refractivity contribution in [2.45, 2.75) is 12.8 Å². The van der Waals surface area contributed by atoms with Gasteiger partial charge in [-0.3, -0.25) is 4.79 Å². The normalized spacial score (nSPS) is 20.4. The largest absolute Gasteiger partial charge is 0.396 e. The van der Waals surface area contributed by atoms with Gasteiger partial charge >= 0.3 is 0 Å². The standard InChI is InChI=1S/C13H16ClNO2/c14-12-6-10(8-16)3-4-13(12)15-5-1-2-11(7-15)9-17/h3-4,6,8,11,17H,1-2,5,7,9H2. The van der Waals surface area contributed by atoms with Crippen molar-refractivity contribution in [2.75, 3.05) is 24.6 Å². The Kier molecular flexibility index (Phi) is 4.02. The van der Waals surface area contributed by atoms with Crippen LogP contribution in [0.4, 0.5) is 5.69 Å². The molecule has 4 heteroatoms. The Labute approximate surface area is 106 Å². The molecular weight excluding hydrogens is 238 g/mol. The summed E-state index contributed by atoms with van der Waals surface area (Å²) in [6.07, 6.45) is 2.93. The fourth-order valence-corrected chi connectivity index (χ4v) is 2.59. The van der Waals surface area contributed by atoms with E-state index in [9.17, 15) is 9.90 Å². The number of piperidine rings is 1. The molecule has 1 aromatic rings. The summed E-state index contributed by atoms with van der Waals surface area (Å²) in [5.74, 6) is 0.325. The van der Waals surface area contributed by atoms with Crippen molar-refractivity contribution >= 4 is 23.6 Å². The van der Waals surface area contributed by atoms with Gasteiger partial charge < -0.3 is 10.0 Å². The molecule has 1 N–H and O–H groups in total. The molecular formula is C13H16ClNO2. The summed E-state index contributed by atoms with van der Waals surface area (Å²) >= 11 is 6.17. The minimum absolute atomic E-state index is 0.223. The highest BCUT2D eigenvalue weighted by molar-refractivity contribution is 6.33. The first-order chi connectivity index (χ1) is 8.24. The molecule has 0 aliphatic carbocycles. The molecule has 0 radical (unpaired) electrons. The molecule has 92 valence electrons. The van der Waals surface area contributed by atoms with E-state index in [1.807, 2.05) is 6.07 Å². The summed E-state index contributed by atoms with van der Waals surface area (Å²) in [4.78, 5) is 12.8. The molecule has 0 aromatic heterocycles. The van der Waals surface area contributed by atoms with Gasteiger partial charge in [0.05, 0.1) is 10.7 Å². The molecule has 3 nitrogen and oxygen atoms in total. The van der Waals surface area contributed by atoms with Crippen LogP contribution in [-0.2, 0) is 0 Å². The van der Waals surface area contributed by atoms with Gasteiger partial charge in [0, 0.05) is 25.3 Å². The first-order valence-electron chi connectivity index (χ1n) is 5.85. The van der Waals surface area contributed by atoms with E-state index < -0.39 is 0 Å². The van der Waals surface area contributed by atoms with Gasteiger partial charge in [-0.15, -0.1) is 0 Å². The van der Waals surface area contributed by atoms with Crippen LogP contribution in [0.25, 0.3) is 0 Å². The van der Waals surface area contributed by atoms with E-state index in [0.29, 0.717) is 16.5 Å². The molecule has 1 aliphatic heterocycles. The molecule has 1 aliphatic rings. The second-order valence-electron chi connectivity index (χ2n) is 4.47. The van der Waals surface area contributed by atoms with E-state index in [1.54, 1.807) is 12.1 Å². The van der Waals surface area contributed by atoms with Crippen LogP contribution in [0.1, 0.15) is 23.2 Å². The summed E-state index contributed by atoms with van der Waals surface area (Å²) in [5, 5.41) is 9.81. The monoisotopic (exact) mass is 253 g/mol. The van der Waals surface area contributed by atoms with Gasteiger partial charge in [-0.05, 0) is 37.0 Å². The lowest BCUT2D eigenvalue weighted by Crippen LogP contribution is -2.36. The molecule has 1 unspecified atom stereocenters. The lowest BCUT2D eigenvalue weighted by atomic mass is 9.98. The highest BCUT2D eigenvalue weighted by Crippen LogP contribution is 2.30. The van der Waals surface area contributed by atoms with Gasteiger partial charge in [0.2, 0.25) is 0 Å². The van der Waals surface area contributed by atoms with Crippen LogP contribution >= 0.6 is 11.6 Å². The van der Waals surface area contributed by atoms with Crippen molar-refractivity contribution in [3.05, 3.63) is 28.8 Å². The van der Waals surface area contributed by atoms with Crippen LogP contribution in [0.15, 0.2) is 18.2 Å². The molecule has 1 atom stereocenters. The van der Waals surface area contributed by atoms with E-state index in [-0.39, 0.29) is 6.61 Å². The van der Waals surface area contributed by atoms with Crippen molar-refractivity contribution in [1.29, 1.82) is 0 Å². The lowest BCUT2D eigenvalue weighted by molar-refractivity contribution is 0.112. The second kappa shape index (κ2) is 5.52. The van der Waals surface area contributed by atoms with Crippen LogP contribution < -0.4 is 4.90 Å². The van der Waals surface area contributed by atoms with Crippen LogP contribution in [0.3, 0.4) is 0 Å². The Morgan fingerprint density at radius 1 is 1.53 bits per heavy atom. The zero-order chi connectivity index (χ0) is 12.3. The molecule has 2 rings (SSSR count). The number of carbonyl (C=O) groups excluding carboxylic acids is 1. The van der Waals surface area contributed by atoms with Crippen molar-refractivity contribution in [2.24, 2.45) is 5.92 Å². The molecule has 0 saturated carbocycles. The zero-order valence-corrected chi connectivity index (χ0v) is 10.4. The summed E-state index contributed by atoms with van der Waals surface area (Å²) in [5.41, 5.74) is 1.55. The molecule has 1 saturated heterocycles. The number of hydrogen-bond donors (Lipinski definition) is 1. The van der Waals surface area contributed by atoms with E-state index in [0.717, 1.165) is 37.9 Å². The Bertz CT molecular complexity index is 408. The number of benzene rings is 1. The van der Waals surface area contributed by atoms with E-state index in [4.69, 9.17) is 11.6 Å². The third-order valence-corrected chi connectivity index (χ3v) is 3.53. The number of aldehydes is 1. The zero-order valence-electron chi connectivity index (χ0n) is 9.60. The summed E-state index contributed by atoms with van der Waals surface area (Å²) < 4.78 is 0. The molecule has 1 fully saturated rings. The predicted molar refractivity (Wildman–Crippen MR) is 68.9 cm³/mol. The molecule has 0 amide bonds.